The van der Waals surface area contributed by atoms with Gasteiger partial charge in [-0.25, -0.2) is 4.98 Å². The topological polar surface area (TPSA) is 62.7 Å². The van der Waals surface area contributed by atoms with Crippen LogP contribution in [-0.2, 0) is 5.41 Å². The summed E-state index contributed by atoms with van der Waals surface area (Å²) in [6, 6.07) is 12.4. The van der Waals surface area contributed by atoms with E-state index in [2.05, 4.69) is 23.7 Å². The van der Waals surface area contributed by atoms with Crippen LogP contribution in [-0.4, -0.2) is 4.98 Å². The monoisotopic (exact) mass is 277 g/mol. The molecule has 2 rings (SSSR count). The second-order valence-corrected chi connectivity index (χ2v) is 5.24. The van der Waals surface area contributed by atoms with E-state index in [1.54, 1.807) is 12.3 Å². The third kappa shape index (κ3) is 2.66. The van der Waals surface area contributed by atoms with Crippen molar-refractivity contribution in [2.24, 2.45) is 0 Å². The Bertz CT molecular complexity index is 713. The Balaban J connectivity index is 2.61. The summed E-state index contributed by atoms with van der Waals surface area (Å²) < 4.78 is 0. The van der Waals surface area contributed by atoms with E-state index >= 15 is 0 Å². The van der Waals surface area contributed by atoms with Crippen molar-refractivity contribution in [3.05, 3.63) is 54.2 Å². The van der Waals surface area contributed by atoms with Crippen LogP contribution in [0.25, 0.3) is 17.2 Å². The van der Waals surface area contributed by atoms with Crippen LogP contribution in [0.4, 0.5) is 5.82 Å². The summed E-state index contributed by atoms with van der Waals surface area (Å²) in [6.07, 6.45) is 4.17. The third-order valence-electron chi connectivity index (χ3n) is 3.99. The lowest BCUT2D eigenvalue weighted by molar-refractivity contribution is 0.587. The summed E-state index contributed by atoms with van der Waals surface area (Å²) in [5, 5.41) is 9.45. The summed E-state index contributed by atoms with van der Waals surface area (Å²) >= 11 is 0. The predicted molar refractivity (Wildman–Crippen MR) is 87.4 cm³/mol. The van der Waals surface area contributed by atoms with Gasteiger partial charge in [0, 0.05) is 11.8 Å². The van der Waals surface area contributed by atoms with Crippen LogP contribution < -0.4 is 5.73 Å². The molecule has 3 heteroatoms. The molecule has 0 radical (unpaired) electrons. The zero-order valence-corrected chi connectivity index (χ0v) is 12.4. The number of nitriles is 1. The van der Waals surface area contributed by atoms with Gasteiger partial charge in [-0.15, -0.1) is 0 Å². The Kier molecular flexibility index (Phi) is 4.09. The van der Waals surface area contributed by atoms with Crippen molar-refractivity contribution in [2.45, 2.75) is 25.7 Å². The minimum Gasteiger partial charge on any atom is -0.383 e. The number of hydrogen-bond donors (Lipinski definition) is 1. The van der Waals surface area contributed by atoms with E-state index < -0.39 is 5.41 Å². The Morgan fingerprint density at radius 3 is 2.81 bits per heavy atom. The number of rotatable bonds is 4. The Morgan fingerprint density at radius 1 is 1.43 bits per heavy atom. The molecule has 0 bridgehead atoms. The van der Waals surface area contributed by atoms with Gasteiger partial charge in [-0.3, -0.25) is 0 Å². The number of benzene rings is 1. The van der Waals surface area contributed by atoms with Gasteiger partial charge in [0.15, 0.2) is 0 Å². The summed E-state index contributed by atoms with van der Waals surface area (Å²) in [4.78, 5) is 4.09. The predicted octanol–water partition coefficient (Wildman–Crippen LogP) is 4.17. The molecule has 3 nitrogen and oxygen atoms in total. The van der Waals surface area contributed by atoms with Crippen molar-refractivity contribution in [2.75, 3.05) is 5.73 Å². The minimum absolute atomic E-state index is 0.464. The van der Waals surface area contributed by atoms with Crippen LogP contribution in [0.15, 0.2) is 43.1 Å². The van der Waals surface area contributed by atoms with Crippen LogP contribution in [0.2, 0.25) is 0 Å². The van der Waals surface area contributed by atoms with Crippen LogP contribution in [0.1, 0.15) is 31.4 Å². The molecule has 1 aromatic carbocycles. The van der Waals surface area contributed by atoms with Gasteiger partial charge < -0.3 is 5.73 Å². The lowest BCUT2D eigenvalue weighted by Gasteiger charge is -2.21. The van der Waals surface area contributed by atoms with Crippen molar-refractivity contribution >= 4 is 11.9 Å². The third-order valence-corrected chi connectivity index (χ3v) is 3.99. The molecule has 1 aromatic heterocycles. The molecule has 0 aliphatic rings. The van der Waals surface area contributed by atoms with Crippen LogP contribution >= 0.6 is 0 Å². The number of aromatic nitrogens is 1. The van der Waals surface area contributed by atoms with Crippen LogP contribution in [0, 0.1) is 11.3 Å². The molecule has 21 heavy (non-hydrogen) atoms. The maximum Gasteiger partial charge on any atom is 0.131 e. The average Bonchev–Trinajstić information content (AvgIpc) is 2.54. The first-order valence-corrected chi connectivity index (χ1v) is 6.95. The van der Waals surface area contributed by atoms with Gasteiger partial charge in [0.1, 0.15) is 5.82 Å². The van der Waals surface area contributed by atoms with E-state index in [9.17, 15) is 5.26 Å². The highest BCUT2D eigenvalue weighted by molar-refractivity contribution is 5.80. The van der Waals surface area contributed by atoms with Gasteiger partial charge >= 0.3 is 0 Å². The zero-order valence-electron chi connectivity index (χ0n) is 12.4. The molecule has 1 unspecified atom stereocenters. The summed E-state index contributed by atoms with van der Waals surface area (Å²) in [6.45, 7) is 7.79. The molecule has 0 saturated carbocycles. The highest BCUT2D eigenvalue weighted by Crippen LogP contribution is 2.32. The van der Waals surface area contributed by atoms with Crippen molar-refractivity contribution in [3.63, 3.8) is 0 Å². The fourth-order valence-corrected chi connectivity index (χ4v) is 2.33. The summed E-state index contributed by atoms with van der Waals surface area (Å²) in [5.41, 5.74) is 9.26. The molecule has 0 spiro atoms. The van der Waals surface area contributed by atoms with Gasteiger partial charge in [-0.05, 0) is 42.2 Å². The molecule has 106 valence electrons. The van der Waals surface area contributed by atoms with Crippen molar-refractivity contribution < 1.29 is 0 Å². The van der Waals surface area contributed by atoms with E-state index in [1.165, 1.54) is 0 Å². The summed E-state index contributed by atoms with van der Waals surface area (Å²) in [5.74, 6) is 0.464. The van der Waals surface area contributed by atoms with Crippen molar-refractivity contribution in [1.29, 1.82) is 5.26 Å². The number of anilines is 1. The maximum absolute atomic E-state index is 9.45. The highest BCUT2D eigenvalue weighted by atomic mass is 14.8. The molecule has 2 N–H and O–H groups in total. The van der Waals surface area contributed by atoms with Crippen LogP contribution in [0.3, 0.4) is 0 Å². The van der Waals surface area contributed by atoms with E-state index in [0.717, 1.165) is 28.7 Å². The molecule has 0 saturated heterocycles. The molecular weight excluding hydrogens is 258 g/mol. The molecular formula is C18H19N3. The SMILES string of the molecule is C=Cc1c(-c2cccc(C(C)(C#N)CC)c2)ccnc1N. The van der Waals surface area contributed by atoms with Gasteiger partial charge in [-0.1, -0.05) is 37.8 Å². The minimum atomic E-state index is -0.483. The molecule has 1 heterocycles. The van der Waals surface area contributed by atoms with Crippen molar-refractivity contribution in [1.82, 2.24) is 4.98 Å². The molecule has 2 aromatic rings. The Morgan fingerprint density at radius 2 is 2.19 bits per heavy atom. The fraction of sp³-hybridized carbons (Fsp3) is 0.222. The van der Waals surface area contributed by atoms with E-state index in [-0.39, 0.29) is 0 Å². The fourth-order valence-electron chi connectivity index (χ4n) is 2.33. The molecule has 0 aliphatic carbocycles. The zero-order chi connectivity index (χ0) is 15.5. The second kappa shape index (κ2) is 5.80. The smallest absolute Gasteiger partial charge is 0.131 e. The molecule has 0 amide bonds. The largest absolute Gasteiger partial charge is 0.383 e. The van der Waals surface area contributed by atoms with Gasteiger partial charge in [0.05, 0.1) is 11.5 Å². The first kappa shape index (κ1) is 14.8. The lowest BCUT2D eigenvalue weighted by Crippen LogP contribution is -2.17. The Hall–Kier alpha value is -2.60. The van der Waals surface area contributed by atoms with Crippen molar-refractivity contribution in [3.8, 4) is 17.2 Å². The first-order chi connectivity index (χ1) is 10.1. The summed E-state index contributed by atoms with van der Waals surface area (Å²) in [7, 11) is 0. The number of nitrogen functional groups attached to an aromatic ring is 1. The second-order valence-electron chi connectivity index (χ2n) is 5.24. The normalized spacial score (nSPS) is 13.2. The average molecular weight is 277 g/mol. The Labute approximate surface area is 125 Å². The van der Waals surface area contributed by atoms with E-state index in [1.807, 2.05) is 38.1 Å². The van der Waals surface area contributed by atoms with E-state index in [4.69, 9.17) is 5.73 Å². The maximum atomic E-state index is 9.45. The first-order valence-electron chi connectivity index (χ1n) is 6.95. The van der Waals surface area contributed by atoms with E-state index in [0.29, 0.717) is 5.82 Å². The van der Waals surface area contributed by atoms with Gasteiger partial charge in [-0.2, -0.15) is 5.26 Å². The number of pyridine rings is 1. The molecule has 0 aliphatic heterocycles. The quantitative estimate of drug-likeness (QED) is 0.912. The van der Waals surface area contributed by atoms with Gasteiger partial charge in [0.25, 0.3) is 0 Å². The highest BCUT2D eigenvalue weighted by Gasteiger charge is 2.24. The number of hydrogen-bond acceptors (Lipinski definition) is 3. The van der Waals surface area contributed by atoms with Gasteiger partial charge in [0.2, 0.25) is 0 Å². The lowest BCUT2D eigenvalue weighted by atomic mass is 9.80. The molecule has 0 fully saturated rings. The number of nitrogens with two attached hydrogens (primary N) is 1. The standard InChI is InChI=1S/C18H19N3/c1-4-15-16(9-10-21-17(15)20)13-7-6-8-14(11-13)18(3,5-2)12-19/h4,6-11H,1,5H2,2-3H3,(H2,20,21). The molecule has 1 atom stereocenters. The number of nitrogens with zero attached hydrogens (tertiary/aromatic N) is 2. The van der Waals surface area contributed by atoms with Crippen LogP contribution in [0.5, 0.6) is 0 Å².